The molecular weight excluding hydrogens is 356 g/mol. The topological polar surface area (TPSA) is 117 Å². The van der Waals surface area contributed by atoms with Gasteiger partial charge in [-0.2, -0.15) is 0 Å². The maximum absolute atomic E-state index is 11.9. The number of sulfonamides is 1. The molecule has 1 aromatic carbocycles. The first-order valence-electron chi connectivity index (χ1n) is 7.69. The average Bonchev–Trinajstić information content (AvgIpc) is 2.87. The van der Waals surface area contributed by atoms with Gasteiger partial charge >= 0.3 is 5.97 Å². The summed E-state index contributed by atoms with van der Waals surface area (Å²) in [5, 5.41) is 18.2. The highest BCUT2D eigenvalue weighted by atomic mass is 32.2. The Balaban J connectivity index is 2.19. The van der Waals surface area contributed by atoms with Gasteiger partial charge in [-0.25, -0.2) is 23.4 Å². The van der Waals surface area contributed by atoms with Gasteiger partial charge in [0.05, 0.1) is 10.9 Å². The second kappa shape index (κ2) is 6.52. The minimum Gasteiger partial charge on any atom is -0.477 e. The Kier molecular flexibility index (Phi) is 4.53. The van der Waals surface area contributed by atoms with Gasteiger partial charge in [0.25, 0.3) is 0 Å². The van der Waals surface area contributed by atoms with Crippen LogP contribution in [-0.2, 0) is 14.8 Å². The lowest BCUT2D eigenvalue weighted by Crippen LogP contribution is -2.34. The van der Waals surface area contributed by atoms with Gasteiger partial charge in [-0.15, -0.1) is 0 Å². The second-order valence-electron chi connectivity index (χ2n) is 5.92. The van der Waals surface area contributed by atoms with Crippen molar-refractivity contribution < 1.29 is 18.3 Å². The van der Waals surface area contributed by atoms with Crippen molar-refractivity contribution in [1.82, 2.24) is 15.0 Å². The third-order valence-electron chi connectivity index (χ3n) is 4.42. The number of likely N-dealkylation sites (N-methyl/N-ethyl adjacent to an activating group) is 2. The molecule has 0 saturated carbocycles. The fraction of sp³-hybridized carbons (Fsp3) is 0.176. The predicted octanol–water partition coefficient (Wildman–Crippen LogP) is 1.06. The molecule has 8 nitrogen and oxygen atoms in total. The van der Waals surface area contributed by atoms with E-state index in [0.29, 0.717) is 11.1 Å². The Hall–Kier alpha value is -2.75. The van der Waals surface area contributed by atoms with E-state index in [9.17, 15) is 18.3 Å². The molecule has 3 rings (SSSR count). The number of carboxylic acids is 1. The van der Waals surface area contributed by atoms with Crippen molar-refractivity contribution in [3.8, 4) is 0 Å². The average molecular weight is 374 g/mol. The van der Waals surface area contributed by atoms with Crippen molar-refractivity contribution in [3.05, 3.63) is 65.6 Å². The molecule has 1 aliphatic heterocycles. The monoisotopic (exact) mass is 374 g/mol. The summed E-state index contributed by atoms with van der Waals surface area (Å²) in [6.07, 6.45) is 3.29. The molecule has 2 aromatic rings. The van der Waals surface area contributed by atoms with E-state index < -0.39 is 16.0 Å². The Morgan fingerprint density at radius 2 is 1.69 bits per heavy atom. The summed E-state index contributed by atoms with van der Waals surface area (Å²) >= 11 is 0. The van der Waals surface area contributed by atoms with Crippen molar-refractivity contribution in [1.29, 1.82) is 0 Å². The Bertz CT molecular complexity index is 972. The van der Waals surface area contributed by atoms with Crippen LogP contribution in [0.15, 0.2) is 59.4 Å². The van der Waals surface area contributed by atoms with Crippen molar-refractivity contribution in [2.75, 3.05) is 14.1 Å². The van der Waals surface area contributed by atoms with Crippen LogP contribution >= 0.6 is 0 Å². The zero-order valence-electron chi connectivity index (χ0n) is 14.2. The Labute approximate surface area is 151 Å². The van der Waals surface area contributed by atoms with Crippen molar-refractivity contribution in [2.24, 2.45) is 5.14 Å². The molecule has 1 atom stereocenters. The normalized spacial score (nSPS) is 18.4. The van der Waals surface area contributed by atoms with Crippen LogP contribution < -0.4 is 5.14 Å². The fourth-order valence-electron chi connectivity index (χ4n) is 3.12. The number of rotatable bonds is 4. The van der Waals surface area contributed by atoms with E-state index in [1.54, 1.807) is 43.6 Å². The molecule has 3 N–H and O–H groups in total. The van der Waals surface area contributed by atoms with Gasteiger partial charge in [0.2, 0.25) is 10.0 Å². The summed E-state index contributed by atoms with van der Waals surface area (Å²) in [5.41, 5.74) is 2.16. The molecule has 1 unspecified atom stereocenters. The molecule has 9 heteroatoms. The van der Waals surface area contributed by atoms with Gasteiger partial charge in [-0.1, -0.05) is 12.1 Å². The first kappa shape index (κ1) is 18.1. The first-order valence-corrected chi connectivity index (χ1v) is 9.23. The smallest absolute Gasteiger partial charge is 0.353 e. The first-order chi connectivity index (χ1) is 12.2. The lowest BCUT2D eigenvalue weighted by molar-refractivity contribution is -0.135. The lowest BCUT2D eigenvalue weighted by atomic mass is 9.93. The van der Waals surface area contributed by atoms with Crippen LogP contribution in [0.2, 0.25) is 0 Å². The summed E-state index contributed by atoms with van der Waals surface area (Å²) in [6.45, 7) is 0. The number of hydrogen-bond donors (Lipinski definition) is 2. The van der Waals surface area contributed by atoms with Crippen molar-refractivity contribution in [2.45, 2.75) is 10.9 Å². The lowest BCUT2D eigenvalue weighted by Gasteiger charge is -2.28. The minimum atomic E-state index is -3.82. The van der Waals surface area contributed by atoms with Crippen LogP contribution in [0.5, 0.6) is 0 Å². The van der Waals surface area contributed by atoms with E-state index in [1.165, 1.54) is 12.1 Å². The Morgan fingerprint density at radius 3 is 2.19 bits per heavy atom. The van der Waals surface area contributed by atoms with Gasteiger partial charge in [0, 0.05) is 32.1 Å². The highest BCUT2D eigenvalue weighted by molar-refractivity contribution is 7.89. The summed E-state index contributed by atoms with van der Waals surface area (Å²) in [5.74, 6) is -1.07. The number of nitrogens with zero attached hydrogens (tertiary/aromatic N) is 3. The number of carboxylic acid groups (broad SMARTS) is 1. The molecule has 1 aliphatic rings. The van der Waals surface area contributed by atoms with E-state index >= 15 is 0 Å². The maximum Gasteiger partial charge on any atom is 0.353 e. The molecule has 0 fully saturated rings. The Morgan fingerprint density at radius 1 is 1.12 bits per heavy atom. The fourth-order valence-corrected chi connectivity index (χ4v) is 3.64. The third-order valence-corrected chi connectivity index (χ3v) is 5.35. The molecule has 0 saturated heterocycles. The van der Waals surface area contributed by atoms with E-state index in [4.69, 9.17) is 5.14 Å². The molecule has 0 amide bonds. The number of hydrogen-bond acceptors (Lipinski definition) is 6. The van der Waals surface area contributed by atoms with Crippen molar-refractivity contribution >= 4 is 21.6 Å². The van der Waals surface area contributed by atoms with Crippen LogP contribution in [-0.4, -0.2) is 48.6 Å². The summed E-state index contributed by atoms with van der Waals surface area (Å²) in [6, 6.07) is 9.17. The van der Waals surface area contributed by atoms with Gasteiger partial charge in [0.15, 0.2) is 0 Å². The highest BCUT2D eigenvalue weighted by Gasteiger charge is 2.39. The molecule has 0 bridgehead atoms. The molecule has 0 aliphatic carbocycles. The van der Waals surface area contributed by atoms with E-state index in [-0.39, 0.29) is 16.6 Å². The van der Waals surface area contributed by atoms with E-state index in [1.807, 2.05) is 17.1 Å². The summed E-state index contributed by atoms with van der Waals surface area (Å²) < 4.78 is 23.0. The number of hydrazine groups is 1. The maximum atomic E-state index is 11.9. The number of carbonyl (C=O) groups is 1. The number of benzene rings is 1. The molecule has 26 heavy (non-hydrogen) atoms. The minimum absolute atomic E-state index is 0.0288. The molecule has 1 aromatic heterocycles. The van der Waals surface area contributed by atoms with Gasteiger partial charge < -0.3 is 10.1 Å². The second-order valence-corrected chi connectivity index (χ2v) is 7.48. The summed E-state index contributed by atoms with van der Waals surface area (Å²) in [7, 11) is -0.360. The largest absolute Gasteiger partial charge is 0.477 e. The highest BCUT2D eigenvalue weighted by Crippen LogP contribution is 2.43. The van der Waals surface area contributed by atoms with Crippen LogP contribution in [0, 0.1) is 0 Å². The molecular formula is C17H18N4O4S. The zero-order valence-corrected chi connectivity index (χ0v) is 15.0. The SMILES string of the molecule is CN1C(C(=O)O)=C(c2ccc(S(N)(=O)=O)cc2)C(c2ccncc2)N1C. The van der Waals surface area contributed by atoms with Gasteiger partial charge in [-0.3, -0.25) is 4.98 Å². The quantitative estimate of drug-likeness (QED) is 0.822. The molecule has 0 spiro atoms. The van der Waals surface area contributed by atoms with Crippen LogP contribution in [0.1, 0.15) is 17.2 Å². The van der Waals surface area contributed by atoms with Gasteiger partial charge in [-0.05, 0) is 35.4 Å². The van der Waals surface area contributed by atoms with Crippen LogP contribution in [0.25, 0.3) is 5.57 Å². The number of aromatic nitrogens is 1. The van der Waals surface area contributed by atoms with Crippen LogP contribution in [0.4, 0.5) is 0 Å². The molecule has 136 valence electrons. The number of pyridine rings is 1. The van der Waals surface area contributed by atoms with Crippen molar-refractivity contribution in [3.63, 3.8) is 0 Å². The van der Waals surface area contributed by atoms with Gasteiger partial charge in [0.1, 0.15) is 5.70 Å². The van der Waals surface area contributed by atoms with E-state index in [0.717, 1.165) is 5.56 Å². The standard InChI is InChI=1S/C17H18N4O4S/c1-20-15(12-7-9-19-10-8-12)14(16(17(22)23)21(20)2)11-3-5-13(6-4-11)26(18,24)25/h3-10,15H,1-2H3,(H,22,23)(H2,18,24,25). The number of aliphatic carboxylic acids is 1. The number of nitrogens with two attached hydrogens (primary N) is 1. The van der Waals surface area contributed by atoms with Crippen LogP contribution in [0.3, 0.4) is 0 Å². The predicted molar refractivity (Wildman–Crippen MR) is 94.9 cm³/mol. The third kappa shape index (κ3) is 3.07. The zero-order chi connectivity index (χ0) is 19.1. The summed E-state index contributed by atoms with van der Waals surface area (Å²) in [4.78, 5) is 15.9. The molecule has 2 heterocycles. The number of primary sulfonamides is 1. The molecule has 0 radical (unpaired) electrons. The van der Waals surface area contributed by atoms with E-state index in [2.05, 4.69) is 4.98 Å².